The second kappa shape index (κ2) is 10.9. The lowest BCUT2D eigenvalue weighted by Gasteiger charge is -2.31. The van der Waals surface area contributed by atoms with Gasteiger partial charge in [-0.3, -0.25) is 4.79 Å². The normalized spacial score (nSPS) is 14.4. The van der Waals surface area contributed by atoms with Gasteiger partial charge in [-0.25, -0.2) is 4.79 Å². The lowest BCUT2D eigenvalue weighted by molar-refractivity contribution is -0.113. The zero-order chi connectivity index (χ0) is 21.5. The average molecular weight is 463 g/mol. The molecule has 1 N–H and O–H groups in total. The number of ether oxygens (including phenoxy) is 1. The van der Waals surface area contributed by atoms with Gasteiger partial charge in [0.05, 0.1) is 12.4 Å². The van der Waals surface area contributed by atoms with Crippen LogP contribution >= 0.6 is 35.3 Å². The second-order valence-corrected chi connectivity index (χ2v) is 9.70. The number of carbonyl (C=O) groups excluding carboxylic acids is 2. The number of carbonyl (C=O) groups is 2. The van der Waals surface area contributed by atoms with Crippen molar-refractivity contribution in [2.75, 3.05) is 30.8 Å². The van der Waals surface area contributed by atoms with Crippen molar-refractivity contribution >= 4 is 56.5 Å². The summed E-state index contributed by atoms with van der Waals surface area (Å²) in [5.41, 5.74) is 2.08. The fourth-order valence-corrected chi connectivity index (χ4v) is 5.28. The Morgan fingerprint density at radius 1 is 1.27 bits per heavy atom. The van der Waals surface area contributed by atoms with E-state index in [4.69, 9.17) is 17.0 Å². The minimum atomic E-state index is -0.432. The molecule has 30 heavy (non-hydrogen) atoms. The number of esters is 1. The van der Waals surface area contributed by atoms with E-state index in [0.717, 1.165) is 47.3 Å². The highest BCUT2D eigenvalue weighted by Crippen LogP contribution is 2.36. The van der Waals surface area contributed by atoms with Crippen LogP contribution < -0.4 is 5.32 Å². The number of amides is 1. The van der Waals surface area contributed by atoms with E-state index < -0.39 is 5.97 Å². The number of hydrogen-bond donors (Lipinski definition) is 1. The van der Waals surface area contributed by atoms with Crippen LogP contribution in [0.4, 0.5) is 5.00 Å². The molecule has 0 atom stereocenters. The molecule has 1 fully saturated rings. The van der Waals surface area contributed by atoms with Crippen molar-refractivity contribution in [3.63, 3.8) is 0 Å². The van der Waals surface area contributed by atoms with Crippen molar-refractivity contribution in [3.05, 3.63) is 41.3 Å². The summed E-state index contributed by atoms with van der Waals surface area (Å²) in [5, 5.41) is 5.27. The molecular weight excluding hydrogens is 436 g/mol. The number of nitrogens with zero attached hydrogens (tertiary/aromatic N) is 1. The van der Waals surface area contributed by atoms with Gasteiger partial charge in [0.1, 0.15) is 14.9 Å². The van der Waals surface area contributed by atoms with Gasteiger partial charge in [-0.2, -0.15) is 0 Å². The topological polar surface area (TPSA) is 58.6 Å². The number of nitrogens with one attached hydrogen (secondary N) is 1. The van der Waals surface area contributed by atoms with Gasteiger partial charge < -0.3 is 15.0 Å². The van der Waals surface area contributed by atoms with E-state index in [1.165, 1.54) is 23.1 Å². The van der Waals surface area contributed by atoms with Gasteiger partial charge in [-0.05, 0) is 31.2 Å². The molecule has 1 saturated heterocycles. The van der Waals surface area contributed by atoms with E-state index in [-0.39, 0.29) is 18.3 Å². The molecular formula is C22H26N2O3S3. The molecule has 0 bridgehead atoms. The van der Waals surface area contributed by atoms with E-state index in [1.54, 1.807) is 6.92 Å². The number of benzene rings is 1. The lowest BCUT2D eigenvalue weighted by atomic mass is 10.00. The minimum absolute atomic E-state index is 0.181. The molecule has 1 aromatic heterocycles. The van der Waals surface area contributed by atoms with Crippen LogP contribution in [0.2, 0.25) is 0 Å². The fourth-order valence-electron chi connectivity index (χ4n) is 3.26. The summed E-state index contributed by atoms with van der Waals surface area (Å²) in [5.74, 6) is 0.334. The highest BCUT2D eigenvalue weighted by atomic mass is 32.2. The third kappa shape index (κ3) is 5.83. The predicted molar refractivity (Wildman–Crippen MR) is 129 cm³/mol. The van der Waals surface area contributed by atoms with Crippen LogP contribution in [0.25, 0.3) is 11.1 Å². The Kier molecular flexibility index (Phi) is 8.30. The van der Waals surface area contributed by atoms with Crippen molar-refractivity contribution in [2.45, 2.75) is 26.7 Å². The smallest absolute Gasteiger partial charge is 0.341 e. The van der Waals surface area contributed by atoms with Crippen LogP contribution in [0.3, 0.4) is 0 Å². The number of thioether (sulfide) groups is 1. The fraction of sp³-hybridized carbons (Fsp3) is 0.409. The Morgan fingerprint density at radius 3 is 2.63 bits per heavy atom. The standard InChI is InChI=1S/C22H26N2O3S3/c1-3-27-21(26)19-17(16-7-5-4-6-8-16)13-29-20(19)23-18(25)14-30-22(28)24-11-9-15(2)10-12-24/h4-8,13,15H,3,9-12,14H2,1-2H3,(H,23,25). The molecule has 0 unspecified atom stereocenters. The number of piperidine rings is 1. The first-order valence-electron chi connectivity index (χ1n) is 10.0. The molecule has 3 rings (SSSR count). The summed E-state index contributed by atoms with van der Waals surface area (Å²) in [7, 11) is 0. The summed E-state index contributed by atoms with van der Waals surface area (Å²) < 4.78 is 6.00. The molecule has 1 amide bonds. The number of anilines is 1. The molecule has 0 radical (unpaired) electrons. The summed E-state index contributed by atoms with van der Waals surface area (Å²) in [6.45, 7) is 6.20. The number of rotatable bonds is 6. The zero-order valence-electron chi connectivity index (χ0n) is 17.2. The maximum atomic E-state index is 12.6. The van der Waals surface area contributed by atoms with Crippen molar-refractivity contribution < 1.29 is 14.3 Å². The Hall–Kier alpha value is -1.90. The Labute approximate surface area is 191 Å². The number of hydrogen-bond acceptors (Lipinski definition) is 6. The maximum absolute atomic E-state index is 12.6. The first-order valence-corrected chi connectivity index (χ1v) is 12.3. The SMILES string of the molecule is CCOC(=O)c1c(-c2ccccc2)csc1NC(=O)CSC(=S)N1CCC(C)CC1. The summed E-state index contributed by atoms with van der Waals surface area (Å²) in [4.78, 5) is 27.4. The van der Waals surface area contributed by atoms with Crippen LogP contribution in [0.1, 0.15) is 37.0 Å². The Bertz CT molecular complexity index is 890. The summed E-state index contributed by atoms with van der Waals surface area (Å²) in [6, 6.07) is 9.62. The molecule has 5 nitrogen and oxygen atoms in total. The Morgan fingerprint density at radius 2 is 1.97 bits per heavy atom. The van der Waals surface area contributed by atoms with Crippen LogP contribution in [-0.4, -0.2) is 46.5 Å². The highest BCUT2D eigenvalue weighted by molar-refractivity contribution is 8.23. The third-order valence-electron chi connectivity index (χ3n) is 4.98. The molecule has 160 valence electrons. The van der Waals surface area contributed by atoms with Crippen molar-refractivity contribution in [3.8, 4) is 11.1 Å². The molecule has 2 aromatic rings. The molecule has 1 aliphatic rings. The molecule has 1 aliphatic heterocycles. The molecule has 0 saturated carbocycles. The van der Waals surface area contributed by atoms with Crippen LogP contribution in [-0.2, 0) is 9.53 Å². The second-order valence-electron chi connectivity index (χ2n) is 7.21. The van der Waals surface area contributed by atoms with E-state index >= 15 is 0 Å². The van der Waals surface area contributed by atoms with Gasteiger partial charge in [0.25, 0.3) is 0 Å². The van der Waals surface area contributed by atoms with Crippen LogP contribution in [0, 0.1) is 5.92 Å². The quantitative estimate of drug-likeness (QED) is 0.466. The van der Waals surface area contributed by atoms with E-state index in [9.17, 15) is 9.59 Å². The van der Waals surface area contributed by atoms with Crippen molar-refractivity contribution in [1.29, 1.82) is 0 Å². The highest BCUT2D eigenvalue weighted by Gasteiger charge is 2.23. The van der Waals surface area contributed by atoms with Gasteiger partial charge in [0.2, 0.25) is 5.91 Å². The first-order chi connectivity index (χ1) is 14.5. The largest absolute Gasteiger partial charge is 0.462 e. The Balaban J connectivity index is 1.66. The molecule has 0 spiro atoms. The van der Waals surface area contributed by atoms with Crippen molar-refractivity contribution in [2.24, 2.45) is 5.92 Å². The minimum Gasteiger partial charge on any atom is -0.462 e. The van der Waals surface area contributed by atoms with Crippen molar-refractivity contribution in [1.82, 2.24) is 4.90 Å². The third-order valence-corrected chi connectivity index (χ3v) is 7.40. The van der Waals surface area contributed by atoms with Gasteiger partial charge in [-0.1, -0.05) is 61.2 Å². The monoisotopic (exact) mass is 462 g/mol. The van der Waals surface area contributed by atoms with Gasteiger partial charge >= 0.3 is 5.97 Å². The first kappa shape index (κ1) is 22.8. The van der Waals surface area contributed by atoms with Gasteiger partial charge in [-0.15, -0.1) is 11.3 Å². The summed E-state index contributed by atoms with van der Waals surface area (Å²) >= 11 is 8.21. The number of likely N-dealkylation sites (tertiary alicyclic amines) is 1. The molecule has 8 heteroatoms. The molecule has 1 aromatic carbocycles. The maximum Gasteiger partial charge on any atom is 0.341 e. The van der Waals surface area contributed by atoms with Gasteiger partial charge in [0.15, 0.2) is 0 Å². The number of thiocarbonyl (C=S) groups is 1. The number of thiophene rings is 1. The average Bonchev–Trinajstić information content (AvgIpc) is 3.17. The van der Waals surface area contributed by atoms with E-state index in [1.807, 2.05) is 35.7 Å². The molecule has 0 aliphatic carbocycles. The van der Waals surface area contributed by atoms with Crippen LogP contribution in [0.15, 0.2) is 35.7 Å². The van der Waals surface area contributed by atoms with E-state index in [0.29, 0.717) is 10.6 Å². The van der Waals surface area contributed by atoms with Gasteiger partial charge in [0, 0.05) is 24.0 Å². The summed E-state index contributed by atoms with van der Waals surface area (Å²) in [6.07, 6.45) is 2.26. The van der Waals surface area contributed by atoms with E-state index in [2.05, 4.69) is 17.1 Å². The predicted octanol–water partition coefficient (Wildman–Crippen LogP) is 5.28. The van der Waals surface area contributed by atoms with Crippen LogP contribution in [0.5, 0.6) is 0 Å². The molecule has 2 heterocycles. The lowest BCUT2D eigenvalue weighted by Crippen LogP contribution is -2.36. The zero-order valence-corrected chi connectivity index (χ0v) is 19.6.